The zero-order chi connectivity index (χ0) is 12.5. The number of carbonyl (C=O) groups excluding carboxylic acids is 1. The third-order valence-electron chi connectivity index (χ3n) is 4.53. The molecule has 2 nitrogen and oxygen atoms in total. The van der Waals surface area contributed by atoms with Gasteiger partial charge in [-0.05, 0) is 31.6 Å². The van der Waals surface area contributed by atoms with Gasteiger partial charge in [-0.2, -0.15) is 0 Å². The molecule has 3 heteroatoms. The van der Waals surface area contributed by atoms with Crippen LogP contribution in [0.3, 0.4) is 0 Å². The Kier molecular flexibility index (Phi) is 4.17. The van der Waals surface area contributed by atoms with E-state index in [9.17, 15) is 4.79 Å². The molecule has 98 valence electrons. The third kappa shape index (κ3) is 3.04. The molecule has 17 heavy (non-hydrogen) atoms. The topological polar surface area (TPSA) is 20.3 Å². The second-order valence-corrected chi connectivity index (χ2v) is 7.54. The molecule has 2 aliphatic rings. The quantitative estimate of drug-likeness (QED) is 0.730. The fourth-order valence-electron chi connectivity index (χ4n) is 3.28. The van der Waals surface area contributed by atoms with Crippen molar-refractivity contribution in [1.29, 1.82) is 0 Å². The van der Waals surface area contributed by atoms with Gasteiger partial charge in [0.15, 0.2) is 0 Å². The van der Waals surface area contributed by atoms with Crippen LogP contribution in [0, 0.1) is 11.3 Å². The Morgan fingerprint density at radius 2 is 1.88 bits per heavy atom. The third-order valence-corrected chi connectivity index (χ3v) is 5.28. The highest BCUT2D eigenvalue weighted by Gasteiger charge is 2.38. The molecule has 0 aliphatic heterocycles. The summed E-state index contributed by atoms with van der Waals surface area (Å²) in [6, 6.07) is 0. The van der Waals surface area contributed by atoms with Gasteiger partial charge in [0.2, 0.25) is 5.91 Å². The van der Waals surface area contributed by atoms with Crippen molar-refractivity contribution in [3.8, 4) is 0 Å². The van der Waals surface area contributed by atoms with Crippen LogP contribution in [0.1, 0.15) is 51.9 Å². The van der Waals surface area contributed by atoms with Crippen molar-refractivity contribution in [1.82, 2.24) is 4.90 Å². The number of nitrogens with zero attached hydrogens (tertiary/aromatic N) is 1. The van der Waals surface area contributed by atoms with E-state index in [2.05, 4.69) is 22.9 Å². The lowest BCUT2D eigenvalue weighted by Crippen LogP contribution is -2.45. The molecule has 2 aliphatic carbocycles. The van der Waals surface area contributed by atoms with Crippen LogP contribution in [0.15, 0.2) is 0 Å². The Hall–Kier alpha value is -0.0500. The molecule has 0 unspecified atom stereocenters. The zero-order valence-electron chi connectivity index (χ0n) is 11.0. The highest BCUT2D eigenvalue weighted by molar-refractivity contribution is 9.09. The maximum atomic E-state index is 12.5. The molecule has 0 radical (unpaired) electrons. The molecule has 0 spiro atoms. The van der Waals surface area contributed by atoms with Crippen LogP contribution < -0.4 is 0 Å². The van der Waals surface area contributed by atoms with Gasteiger partial charge in [-0.25, -0.2) is 0 Å². The Bertz CT molecular complexity index is 280. The molecule has 0 aromatic carbocycles. The minimum Gasteiger partial charge on any atom is -0.345 e. The summed E-state index contributed by atoms with van der Waals surface area (Å²) in [6.07, 6.45) is 8.39. The summed E-state index contributed by atoms with van der Waals surface area (Å²) in [5.74, 6) is 1.11. The molecular formula is C14H24BrNO. The van der Waals surface area contributed by atoms with Crippen molar-refractivity contribution in [3.05, 3.63) is 0 Å². The summed E-state index contributed by atoms with van der Waals surface area (Å²) in [5, 5.41) is 0. The van der Waals surface area contributed by atoms with E-state index in [4.69, 9.17) is 0 Å². The predicted molar refractivity (Wildman–Crippen MR) is 74.3 cm³/mol. The molecule has 0 bridgehead atoms. The summed E-state index contributed by atoms with van der Waals surface area (Å²) in [6.45, 7) is 3.12. The van der Waals surface area contributed by atoms with Gasteiger partial charge in [0.25, 0.3) is 0 Å². The molecule has 1 amide bonds. The Morgan fingerprint density at radius 1 is 1.29 bits per heavy atom. The first-order valence-electron chi connectivity index (χ1n) is 6.91. The second kappa shape index (κ2) is 5.29. The summed E-state index contributed by atoms with van der Waals surface area (Å²) in [4.78, 5) is 15.2. The normalized spacial score (nSPS) is 31.7. The predicted octanol–water partition coefficient (Wildman–Crippen LogP) is 3.59. The highest BCUT2D eigenvalue weighted by Crippen LogP contribution is 2.38. The minimum absolute atomic E-state index is 0.0649. The first-order chi connectivity index (χ1) is 8.01. The molecule has 0 heterocycles. The van der Waals surface area contributed by atoms with Gasteiger partial charge in [0, 0.05) is 23.8 Å². The van der Waals surface area contributed by atoms with Crippen molar-refractivity contribution in [2.24, 2.45) is 11.3 Å². The van der Waals surface area contributed by atoms with Crippen molar-refractivity contribution in [3.63, 3.8) is 0 Å². The molecule has 0 aromatic rings. The average molecular weight is 302 g/mol. The van der Waals surface area contributed by atoms with Crippen LogP contribution in [0.4, 0.5) is 0 Å². The van der Waals surface area contributed by atoms with Gasteiger partial charge in [0.05, 0.1) is 0 Å². The number of hydrogen-bond acceptors (Lipinski definition) is 1. The van der Waals surface area contributed by atoms with Crippen LogP contribution in [-0.4, -0.2) is 29.2 Å². The summed E-state index contributed by atoms with van der Waals surface area (Å²) in [7, 11) is 1.99. The van der Waals surface area contributed by atoms with Gasteiger partial charge < -0.3 is 4.90 Å². The Balaban J connectivity index is 1.85. The maximum Gasteiger partial charge on any atom is 0.228 e. The summed E-state index contributed by atoms with van der Waals surface area (Å²) in [5.41, 5.74) is -0.0649. The summed E-state index contributed by atoms with van der Waals surface area (Å²) >= 11 is 3.61. The Morgan fingerprint density at radius 3 is 2.41 bits per heavy atom. The Labute approximate surface area is 113 Å². The number of halogens is 1. The molecular weight excluding hydrogens is 278 g/mol. The molecule has 0 aromatic heterocycles. The van der Waals surface area contributed by atoms with E-state index in [-0.39, 0.29) is 5.41 Å². The highest BCUT2D eigenvalue weighted by atomic mass is 79.9. The molecule has 2 fully saturated rings. The van der Waals surface area contributed by atoms with E-state index in [0.717, 1.165) is 25.3 Å². The lowest BCUT2D eigenvalue weighted by molar-refractivity contribution is -0.142. The lowest BCUT2D eigenvalue weighted by atomic mass is 9.74. The van der Waals surface area contributed by atoms with E-state index >= 15 is 0 Å². The fourth-order valence-corrected chi connectivity index (χ4v) is 4.34. The molecule has 0 saturated heterocycles. The first kappa shape index (κ1) is 13.4. The molecule has 0 atom stereocenters. The van der Waals surface area contributed by atoms with Gasteiger partial charge in [-0.1, -0.05) is 42.1 Å². The number of amides is 1. The van der Waals surface area contributed by atoms with E-state index in [0.29, 0.717) is 10.7 Å². The molecule has 2 saturated carbocycles. The minimum atomic E-state index is -0.0649. The molecule has 2 rings (SSSR count). The van der Waals surface area contributed by atoms with E-state index < -0.39 is 0 Å². The van der Waals surface area contributed by atoms with Crippen molar-refractivity contribution in [2.45, 2.75) is 56.7 Å². The van der Waals surface area contributed by atoms with Gasteiger partial charge in [-0.15, -0.1) is 0 Å². The summed E-state index contributed by atoms with van der Waals surface area (Å²) < 4.78 is 0. The number of alkyl halides is 1. The molecule has 0 N–H and O–H groups in total. The van der Waals surface area contributed by atoms with E-state index in [1.165, 1.54) is 32.1 Å². The second-order valence-electron chi connectivity index (χ2n) is 6.24. The standard InChI is InChI=1S/C14H24BrNO/c1-14(6-4-3-5-7-14)13(17)16(2)10-11-8-12(15)9-11/h11-12H,3-10H2,1-2H3. The van der Waals surface area contributed by atoms with Crippen molar-refractivity contribution >= 4 is 21.8 Å². The van der Waals surface area contributed by atoms with Gasteiger partial charge in [-0.3, -0.25) is 4.79 Å². The van der Waals surface area contributed by atoms with Crippen molar-refractivity contribution in [2.75, 3.05) is 13.6 Å². The van der Waals surface area contributed by atoms with E-state index in [1.807, 2.05) is 11.9 Å². The van der Waals surface area contributed by atoms with Gasteiger partial charge in [0.1, 0.15) is 0 Å². The van der Waals surface area contributed by atoms with Crippen LogP contribution in [0.2, 0.25) is 0 Å². The number of hydrogen-bond donors (Lipinski definition) is 0. The fraction of sp³-hybridized carbons (Fsp3) is 0.929. The largest absolute Gasteiger partial charge is 0.345 e. The van der Waals surface area contributed by atoms with E-state index in [1.54, 1.807) is 0 Å². The number of rotatable bonds is 3. The van der Waals surface area contributed by atoms with Crippen LogP contribution >= 0.6 is 15.9 Å². The van der Waals surface area contributed by atoms with Gasteiger partial charge >= 0.3 is 0 Å². The monoisotopic (exact) mass is 301 g/mol. The maximum absolute atomic E-state index is 12.5. The van der Waals surface area contributed by atoms with Crippen LogP contribution in [0.5, 0.6) is 0 Å². The van der Waals surface area contributed by atoms with Crippen LogP contribution in [0.25, 0.3) is 0 Å². The van der Waals surface area contributed by atoms with Crippen molar-refractivity contribution < 1.29 is 4.79 Å². The lowest BCUT2D eigenvalue weighted by Gasteiger charge is -2.39. The number of carbonyl (C=O) groups is 1. The van der Waals surface area contributed by atoms with Crippen LogP contribution in [-0.2, 0) is 4.79 Å². The first-order valence-corrected chi connectivity index (χ1v) is 7.82. The zero-order valence-corrected chi connectivity index (χ0v) is 12.6. The SMILES string of the molecule is CN(CC1CC(Br)C1)C(=O)C1(C)CCCCC1. The smallest absolute Gasteiger partial charge is 0.228 e. The average Bonchev–Trinajstić information content (AvgIpc) is 2.27.